The fourth-order valence-electron chi connectivity index (χ4n) is 1.62. The summed E-state index contributed by atoms with van der Waals surface area (Å²) in [6.45, 7) is 0. The molecule has 1 amide bonds. The number of nitrogens with one attached hydrogen (secondary N) is 1. The number of nitriles is 1. The summed E-state index contributed by atoms with van der Waals surface area (Å²) in [5, 5.41) is 11.6. The molecule has 0 aromatic heterocycles. The van der Waals surface area contributed by atoms with E-state index in [0.717, 1.165) is 0 Å². The molecule has 0 atom stereocenters. The molecule has 0 aliphatic carbocycles. The van der Waals surface area contributed by atoms with Gasteiger partial charge in [0.1, 0.15) is 17.5 Å². The standard InChI is InChI=1S/C16H11FN2O/c17-15-9-5-4-6-12(15)10-13(11-18)16(20)19-14-7-2-1-3-8-14/h1-10H,(H,19,20)/b13-10-. The summed E-state index contributed by atoms with van der Waals surface area (Å²) >= 11 is 0. The number of halogens is 1. The predicted molar refractivity (Wildman–Crippen MR) is 75.1 cm³/mol. The van der Waals surface area contributed by atoms with Crippen LogP contribution in [0.25, 0.3) is 6.08 Å². The molecule has 2 aromatic rings. The first-order valence-electron chi connectivity index (χ1n) is 5.93. The molecule has 0 spiro atoms. The number of amides is 1. The Bertz CT molecular complexity index is 687. The van der Waals surface area contributed by atoms with Crippen molar-refractivity contribution in [2.24, 2.45) is 0 Å². The van der Waals surface area contributed by atoms with Crippen LogP contribution in [0, 0.1) is 17.1 Å². The lowest BCUT2D eigenvalue weighted by Gasteiger charge is -2.04. The van der Waals surface area contributed by atoms with Crippen LogP contribution in [0.4, 0.5) is 10.1 Å². The number of carbonyl (C=O) groups excluding carboxylic acids is 1. The van der Waals surface area contributed by atoms with E-state index in [9.17, 15) is 9.18 Å². The average Bonchev–Trinajstić information content (AvgIpc) is 2.47. The first kappa shape index (κ1) is 13.5. The van der Waals surface area contributed by atoms with Crippen LogP contribution in [-0.2, 0) is 4.79 Å². The molecule has 3 nitrogen and oxygen atoms in total. The Morgan fingerprint density at radius 1 is 1.10 bits per heavy atom. The van der Waals surface area contributed by atoms with Gasteiger partial charge in [-0.1, -0.05) is 36.4 Å². The Kier molecular flexibility index (Phi) is 4.25. The highest BCUT2D eigenvalue weighted by Gasteiger charge is 2.10. The van der Waals surface area contributed by atoms with Crippen LogP contribution in [0.3, 0.4) is 0 Å². The molecule has 98 valence electrons. The molecule has 0 heterocycles. The normalized spacial score (nSPS) is 10.7. The van der Waals surface area contributed by atoms with Gasteiger partial charge in [-0.3, -0.25) is 4.79 Å². The lowest BCUT2D eigenvalue weighted by molar-refractivity contribution is -0.112. The minimum absolute atomic E-state index is 0.154. The molecule has 2 aromatic carbocycles. The highest BCUT2D eigenvalue weighted by Crippen LogP contribution is 2.13. The Labute approximate surface area is 116 Å². The van der Waals surface area contributed by atoms with Crippen LogP contribution in [0.2, 0.25) is 0 Å². The molecule has 2 rings (SSSR count). The first-order valence-corrected chi connectivity index (χ1v) is 5.93. The monoisotopic (exact) mass is 266 g/mol. The molecule has 0 saturated carbocycles. The quantitative estimate of drug-likeness (QED) is 0.684. The van der Waals surface area contributed by atoms with E-state index >= 15 is 0 Å². The second kappa shape index (κ2) is 6.30. The van der Waals surface area contributed by atoms with Gasteiger partial charge in [-0.15, -0.1) is 0 Å². The Hall–Kier alpha value is -2.93. The number of hydrogen-bond acceptors (Lipinski definition) is 2. The van der Waals surface area contributed by atoms with Crippen LogP contribution in [0.15, 0.2) is 60.2 Å². The zero-order valence-electron chi connectivity index (χ0n) is 10.5. The van der Waals surface area contributed by atoms with Crippen molar-refractivity contribution < 1.29 is 9.18 Å². The fraction of sp³-hybridized carbons (Fsp3) is 0. The van der Waals surface area contributed by atoms with Crippen LogP contribution in [-0.4, -0.2) is 5.91 Å². The predicted octanol–water partition coefficient (Wildman–Crippen LogP) is 3.37. The smallest absolute Gasteiger partial charge is 0.266 e. The number of benzene rings is 2. The number of hydrogen-bond donors (Lipinski definition) is 1. The minimum Gasteiger partial charge on any atom is -0.321 e. The maximum Gasteiger partial charge on any atom is 0.266 e. The van der Waals surface area contributed by atoms with E-state index in [4.69, 9.17) is 5.26 Å². The lowest BCUT2D eigenvalue weighted by Crippen LogP contribution is -2.13. The van der Waals surface area contributed by atoms with Crippen LogP contribution >= 0.6 is 0 Å². The van der Waals surface area contributed by atoms with Crippen molar-refractivity contribution in [3.8, 4) is 6.07 Å². The first-order chi connectivity index (χ1) is 9.70. The van der Waals surface area contributed by atoms with Crippen molar-refractivity contribution in [1.82, 2.24) is 0 Å². The third-order valence-electron chi connectivity index (χ3n) is 2.60. The highest BCUT2D eigenvalue weighted by atomic mass is 19.1. The van der Waals surface area contributed by atoms with Gasteiger partial charge in [0.15, 0.2) is 0 Å². The summed E-state index contributed by atoms with van der Waals surface area (Å²) in [5.41, 5.74) is 0.624. The van der Waals surface area contributed by atoms with Gasteiger partial charge in [-0.05, 0) is 24.3 Å². The van der Waals surface area contributed by atoms with Gasteiger partial charge in [0, 0.05) is 11.3 Å². The summed E-state index contributed by atoms with van der Waals surface area (Å²) in [5.74, 6) is -1.05. The molecule has 4 heteroatoms. The third kappa shape index (κ3) is 3.30. The van der Waals surface area contributed by atoms with Gasteiger partial charge in [0.2, 0.25) is 0 Å². The zero-order valence-corrected chi connectivity index (χ0v) is 10.5. The van der Waals surface area contributed by atoms with Crippen molar-refractivity contribution in [3.63, 3.8) is 0 Å². The molecule has 0 unspecified atom stereocenters. The lowest BCUT2D eigenvalue weighted by atomic mass is 10.1. The summed E-state index contributed by atoms with van der Waals surface area (Å²) < 4.78 is 13.5. The van der Waals surface area contributed by atoms with E-state index in [1.54, 1.807) is 42.5 Å². The number of carbonyl (C=O) groups is 1. The Balaban J connectivity index is 2.23. The SMILES string of the molecule is N#C/C(=C/c1ccccc1F)C(=O)Nc1ccccc1. The van der Waals surface area contributed by atoms with Gasteiger partial charge in [-0.25, -0.2) is 4.39 Å². The molecule has 20 heavy (non-hydrogen) atoms. The molecule has 0 bridgehead atoms. The Morgan fingerprint density at radius 2 is 1.75 bits per heavy atom. The number of rotatable bonds is 3. The summed E-state index contributed by atoms with van der Waals surface area (Å²) in [6.07, 6.45) is 1.23. The van der Waals surface area contributed by atoms with Crippen LogP contribution in [0.5, 0.6) is 0 Å². The second-order valence-corrected chi connectivity index (χ2v) is 4.01. The minimum atomic E-state index is -0.568. The molecule has 0 aliphatic heterocycles. The molecule has 0 aliphatic rings. The topological polar surface area (TPSA) is 52.9 Å². The third-order valence-corrected chi connectivity index (χ3v) is 2.60. The summed E-state index contributed by atoms with van der Waals surface area (Å²) in [7, 11) is 0. The number of para-hydroxylation sites is 1. The van der Waals surface area contributed by atoms with Crippen molar-refractivity contribution in [2.75, 3.05) is 5.32 Å². The van der Waals surface area contributed by atoms with Gasteiger partial charge in [0.25, 0.3) is 5.91 Å². The number of anilines is 1. The van der Waals surface area contributed by atoms with Crippen molar-refractivity contribution >= 4 is 17.7 Å². The molecular formula is C16H11FN2O. The van der Waals surface area contributed by atoms with Crippen LogP contribution in [0.1, 0.15) is 5.56 Å². The van der Waals surface area contributed by atoms with Gasteiger partial charge >= 0.3 is 0 Å². The van der Waals surface area contributed by atoms with E-state index < -0.39 is 11.7 Å². The van der Waals surface area contributed by atoms with Gasteiger partial charge in [-0.2, -0.15) is 5.26 Å². The second-order valence-electron chi connectivity index (χ2n) is 4.01. The molecule has 0 radical (unpaired) electrons. The largest absolute Gasteiger partial charge is 0.321 e. The molecule has 1 N–H and O–H groups in total. The van der Waals surface area contributed by atoms with E-state index in [1.165, 1.54) is 18.2 Å². The molecule has 0 fully saturated rings. The summed E-state index contributed by atoms with van der Waals surface area (Å²) in [4.78, 5) is 11.9. The van der Waals surface area contributed by atoms with Gasteiger partial charge in [0.05, 0.1) is 0 Å². The highest BCUT2D eigenvalue weighted by molar-refractivity contribution is 6.09. The summed E-state index contributed by atoms with van der Waals surface area (Å²) in [6, 6.07) is 16.5. The van der Waals surface area contributed by atoms with E-state index in [2.05, 4.69) is 5.32 Å². The fourth-order valence-corrected chi connectivity index (χ4v) is 1.62. The maximum absolute atomic E-state index is 13.5. The average molecular weight is 266 g/mol. The number of nitrogens with zero attached hydrogens (tertiary/aromatic N) is 1. The maximum atomic E-state index is 13.5. The van der Waals surface area contributed by atoms with Crippen LogP contribution < -0.4 is 5.32 Å². The van der Waals surface area contributed by atoms with E-state index in [1.807, 2.05) is 6.07 Å². The van der Waals surface area contributed by atoms with E-state index in [0.29, 0.717) is 5.69 Å². The van der Waals surface area contributed by atoms with Crippen molar-refractivity contribution in [3.05, 3.63) is 71.6 Å². The van der Waals surface area contributed by atoms with Gasteiger partial charge < -0.3 is 5.32 Å². The van der Waals surface area contributed by atoms with E-state index in [-0.39, 0.29) is 11.1 Å². The Morgan fingerprint density at radius 3 is 2.40 bits per heavy atom. The molecule has 0 saturated heterocycles. The molecular weight excluding hydrogens is 255 g/mol. The van der Waals surface area contributed by atoms with Crippen molar-refractivity contribution in [2.45, 2.75) is 0 Å². The van der Waals surface area contributed by atoms with Crippen molar-refractivity contribution in [1.29, 1.82) is 5.26 Å². The zero-order chi connectivity index (χ0) is 14.4.